The van der Waals surface area contributed by atoms with Crippen molar-refractivity contribution in [2.45, 2.75) is 24.5 Å². The highest BCUT2D eigenvalue weighted by Crippen LogP contribution is 2.33. The van der Waals surface area contributed by atoms with E-state index in [1.54, 1.807) is 13.1 Å². The molecule has 2 aromatic heterocycles. The number of anilines is 1. The van der Waals surface area contributed by atoms with Crippen molar-refractivity contribution in [2.24, 2.45) is 0 Å². The Kier molecular flexibility index (Phi) is 3.72. The zero-order valence-electron chi connectivity index (χ0n) is 11.1. The van der Waals surface area contributed by atoms with E-state index in [0.29, 0.717) is 16.9 Å². The molecule has 4 atom stereocenters. The Morgan fingerprint density at radius 3 is 2.81 bits per heavy atom. The van der Waals surface area contributed by atoms with Gasteiger partial charge in [0, 0.05) is 13.1 Å². The molecule has 3 rings (SSSR count). The highest BCUT2D eigenvalue weighted by Gasteiger charge is 2.44. The van der Waals surface area contributed by atoms with Gasteiger partial charge in [0.1, 0.15) is 29.0 Å². The molecule has 4 unspecified atom stereocenters. The molecule has 9 heteroatoms. The van der Waals surface area contributed by atoms with Gasteiger partial charge in [-0.1, -0.05) is 11.6 Å². The van der Waals surface area contributed by atoms with E-state index < -0.39 is 31.1 Å². The second-order valence-corrected chi connectivity index (χ2v) is 5.18. The molecule has 8 nitrogen and oxygen atoms in total. The Morgan fingerprint density at radius 2 is 2.19 bits per heavy atom. The third-order valence-electron chi connectivity index (χ3n) is 3.56. The summed E-state index contributed by atoms with van der Waals surface area (Å²) < 4.78 is 6.96. The van der Waals surface area contributed by atoms with Crippen molar-refractivity contribution in [1.82, 2.24) is 14.5 Å². The number of pyridine rings is 1. The average Bonchev–Trinajstić information content (AvgIpc) is 3.01. The first-order valence-electron chi connectivity index (χ1n) is 6.40. The second-order valence-electron chi connectivity index (χ2n) is 4.80. The third kappa shape index (κ3) is 2.25. The lowest BCUT2D eigenvalue weighted by atomic mass is 10.1. The largest absolute Gasteiger partial charge is 0.394 e. The molecule has 21 heavy (non-hydrogen) atoms. The number of aliphatic hydroxyl groups is 3. The zero-order valence-corrected chi connectivity index (χ0v) is 11.9. The SMILES string of the molecule is CNc1cc(Cl)nc2c1ncn2C1OC(CO)C(O)C1O. The van der Waals surface area contributed by atoms with Crippen LogP contribution in [0.2, 0.25) is 5.15 Å². The Hall–Kier alpha value is -1.45. The van der Waals surface area contributed by atoms with Crippen LogP contribution in [0.1, 0.15) is 6.23 Å². The number of imidazole rings is 1. The molecular weight excluding hydrogens is 300 g/mol. The molecule has 1 aliphatic heterocycles. The number of hydrogen-bond acceptors (Lipinski definition) is 7. The van der Waals surface area contributed by atoms with Crippen molar-refractivity contribution in [3.05, 3.63) is 17.5 Å². The predicted octanol–water partition coefficient (Wildman–Crippen LogP) is -0.262. The lowest BCUT2D eigenvalue weighted by Crippen LogP contribution is -2.33. The first-order valence-corrected chi connectivity index (χ1v) is 6.78. The van der Waals surface area contributed by atoms with E-state index in [-0.39, 0.29) is 5.15 Å². The first kappa shape index (κ1) is 14.5. The van der Waals surface area contributed by atoms with E-state index in [9.17, 15) is 10.2 Å². The maximum atomic E-state index is 10.1. The number of fused-ring (bicyclic) bond motifs is 1. The Bertz CT molecular complexity index is 664. The van der Waals surface area contributed by atoms with Crippen molar-refractivity contribution < 1.29 is 20.1 Å². The van der Waals surface area contributed by atoms with Gasteiger partial charge in [-0.05, 0) is 0 Å². The maximum Gasteiger partial charge on any atom is 0.165 e. The summed E-state index contributed by atoms with van der Waals surface area (Å²) in [7, 11) is 1.73. The van der Waals surface area contributed by atoms with Crippen LogP contribution in [-0.2, 0) is 4.74 Å². The number of hydrogen-bond donors (Lipinski definition) is 4. The van der Waals surface area contributed by atoms with Crippen molar-refractivity contribution in [2.75, 3.05) is 19.0 Å². The summed E-state index contributed by atoms with van der Waals surface area (Å²) in [5, 5.41) is 32.3. The quantitative estimate of drug-likeness (QED) is 0.577. The van der Waals surface area contributed by atoms with Gasteiger partial charge in [-0.25, -0.2) is 9.97 Å². The van der Waals surface area contributed by atoms with Gasteiger partial charge >= 0.3 is 0 Å². The molecule has 0 radical (unpaired) electrons. The smallest absolute Gasteiger partial charge is 0.165 e. The lowest BCUT2D eigenvalue weighted by molar-refractivity contribution is -0.0511. The van der Waals surface area contributed by atoms with Crippen molar-refractivity contribution in [3.8, 4) is 0 Å². The number of halogens is 1. The molecule has 0 saturated carbocycles. The number of nitrogens with zero attached hydrogens (tertiary/aromatic N) is 3. The van der Waals surface area contributed by atoms with E-state index in [0.717, 1.165) is 0 Å². The molecule has 0 spiro atoms. The molecule has 1 aliphatic rings. The summed E-state index contributed by atoms with van der Waals surface area (Å²) in [5.41, 5.74) is 1.68. The van der Waals surface area contributed by atoms with Crippen molar-refractivity contribution in [1.29, 1.82) is 0 Å². The van der Waals surface area contributed by atoms with Crippen LogP contribution in [0.15, 0.2) is 12.4 Å². The minimum absolute atomic E-state index is 0.264. The summed E-state index contributed by atoms with van der Waals surface area (Å²) >= 11 is 5.97. The Morgan fingerprint density at radius 1 is 1.43 bits per heavy atom. The monoisotopic (exact) mass is 314 g/mol. The summed E-state index contributed by atoms with van der Waals surface area (Å²) in [5.74, 6) is 0. The molecule has 114 valence electrons. The zero-order chi connectivity index (χ0) is 15.1. The van der Waals surface area contributed by atoms with E-state index in [2.05, 4.69) is 15.3 Å². The normalized spacial score (nSPS) is 29.2. The van der Waals surface area contributed by atoms with Gasteiger partial charge in [0.25, 0.3) is 0 Å². The van der Waals surface area contributed by atoms with E-state index >= 15 is 0 Å². The molecular formula is C12H15ClN4O4. The van der Waals surface area contributed by atoms with E-state index in [1.807, 2.05) is 0 Å². The molecule has 3 heterocycles. The van der Waals surface area contributed by atoms with Crippen LogP contribution in [0.3, 0.4) is 0 Å². The lowest BCUT2D eigenvalue weighted by Gasteiger charge is -2.16. The minimum Gasteiger partial charge on any atom is -0.394 e. The molecule has 0 amide bonds. The third-order valence-corrected chi connectivity index (χ3v) is 3.75. The number of aromatic nitrogens is 3. The van der Waals surface area contributed by atoms with Crippen LogP contribution < -0.4 is 5.32 Å². The van der Waals surface area contributed by atoms with E-state index in [1.165, 1.54) is 10.9 Å². The van der Waals surface area contributed by atoms with Crippen LogP contribution in [0.4, 0.5) is 5.69 Å². The van der Waals surface area contributed by atoms with Crippen molar-refractivity contribution in [3.63, 3.8) is 0 Å². The summed E-state index contributed by atoms with van der Waals surface area (Å²) in [6, 6.07) is 1.64. The second kappa shape index (κ2) is 5.39. The first-order chi connectivity index (χ1) is 10.1. The molecule has 0 aliphatic carbocycles. The summed E-state index contributed by atoms with van der Waals surface area (Å²) in [6.45, 7) is -0.392. The molecule has 0 aromatic carbocycles. The van der Waals surface area contributed by atoms with Gasteiger partial charge in [0.15, 0.2) is 11.9 Å². The van der Waals surface area contributed by atoms with Crippen LogP contribution in [0.25, 0.3) is 11.2 Å². The van der Waals surface area contributed by atoms with Gasteiger partial charge in [0.05, 0.1) is 18.6 Å². The fraction of sp³-hybridized carbons (Fsp3) is 0.500. The van der Waals surface area contributed by atoms with Gasteiger partial charge in [-0.2, -0.15) is 0 Å². The molecule has 4 N–H and O–H groups in total. The number of aliphatic hydroxyl groups excluding tert-OH is 3. The number of ether oxygens (including phenoxy) is 1. The fourth-order valence-corrected chi connectivity index (χ4v) is 2.65. The predicted molar refractivity (Wildman–Crippen MR) is 75.1 cm³/mol. The van der Waals surface area contributed by atoms with Crippen molar-refractivity contribution >= 4 is 28.5 Å². The molecule has 2 aromatic rings. The van der Waals surface area contributed by atoms with Gasteiger partial charge < -0.3 is 25.4 Å². The fourth-order valence-electron chi connectivity index (χ4n) is 2.46. The van der Waals surface area contributed by atoms with Crippen LogP contribution >= 0.6 is 11.6 Å². The minimum atomic E-state index is -1.20. The van der Waals surface area contributed by atoms with Crippen LogP contribution in [0.5, 0.6) is 0 Å². The summed E-state index contributed by atoms with van der Waals surface area (Å²) in [4.78, 5) is 8.42. The maximum absolute atomic E-state index is 10.1. The van der Waals surface area contributed by atoms with Crippen LogP contribution in [-0.4, -0.2) is 61.8 Å². The van der Waals surface area contributed by atoms with Gasteiger partial charge in [-0.15, -0.1) is 0 Å². The molecule has 1 saturated heterocycles. The van der Waals surface area contributed by atoms with E-state index in [4.69, 9.17) is 21.4 Å². The van der Waals surface area contributed by atoms with Crippen LogP contribution in [0, 0.1) is 0 Å². The average molecular weight is 315 g/mol. The topological polar surface area (TPSA) is 113 Å². The number of rotatable bonds is 3. The Labute approximate surface area is 125 Å². The highest BCUT2D eigenvalue weighted by molar-refractivity contribution is 6.30. The Balaban J connectivity index is 2.07. The van der Waals surface area contributed by atoms with Gasteiger partial charge in [0.2, 0.25) is 0 Å². The molecule has 1 fully saturated rings. The standard InChI is InChI=1S/C12H15ClN4O4/c1-14-5-2-7(13)16-11-8(5)15-4-17(11)12-10(20)9(19)6(3-18)21-12/h2,4,6,9-10,12,18-20H,3H2,1H3,(H,14,16). The number of nitrogens with one attached hydrogen (secondary N) is 1. The highest BCUT2D eigenvalue weighted by atomic mass is 35.5. The molecule has 0 bridgehead atoms. The van der Waals surface area contributed by atoms with Gasteiger partial charge in [-0.3, -0.25) is 4.57 Å². The summed E-state index contributed by atoms with van der Waals surface area (Å²) in [6.07, 6.45) is -2.67.